The summed E-state index contributed by atoms with van der Waals surface area (Å²) in [4.78, 5) is 0. The molecular weight excluding hydrogens is 326 g/mol. The maximum absolute atomic E-state index is 11.9. The quantitative estimate of drug-likeness (QED) is 0.864. The lowest BCUT2D eigenvalue weighted by Crippen LogP contribution is -2.31. The van der Waals surface area contributed by atoms with Gasteiger partial charge in [0.2, 0.25) is 10.0 Å². The number of sulfonamides is 1. The second-order valence-corrected chi connectivity index (χ2v) is 8.00. The Hall–Kier alpha value is 0.0500. The van der Waals surface area contributed by atoms with Gasteiger partial charge in [0.1, 0.15) is 4.21 Å². The molecule has 7 heteroatoms. The molecule has 1 heterocycles. The van der Waals surface area contributed by atoms with Gasteiger partial charge in [-0.2, -0.15) is 0 Å². The summed E-state index contributed by atoms with van der Waals surface area (Å²) in [6.45, 7) is 6.44. The zero-order chi connectivity index (χ0) is 13.1. The molecule has 1 aromatic rings. The molecule has 0 bridgehead atoms. The summed E-state index contributed by atoms with van der Waals surface area (Å²) in [6, 6.07) is 1.66. The van der Waals surface area contributed by atoms with E-state index in [1.807, 2.05) is 20.8 Å². The Morgan fingerprint density at radius 1 is 1.59 bits per heavy atom. The smallest absolute Gasteiger partial charge is 0.250 e. The standard InChI is InChI=1S/C10H16BrNO3S2/c1-4-15-8(3)6-12-17(13,14)9-5-7(2)10(11)16-9/h5,8,12H,4,6H2,1-3H3. The molecule has 0 aliphatic carbocycles. The molecule has 0 fully saturated rings. The van der Waals surface area contributed by atoms with Crippen molar-refractivity contribution in [1.82, 2.24) is 4.72 Å². The molecule has 0 aromatic carbocycles. The lowest BCUT2D eigenvalue weighted by Gasteiger charge is -2.11. The first kappa shape index (κ1) is 15.1. The van der Waals surface area contributed by atoms with Crippen molar-refractivity contribution in [3.8, 4) is 0 Å². The van der Waals surface area contributed by atoms with Crippen LogP contribution in [0.15, 0.2) is 14.1 Å². The average Bonchev–Trinajstić information content (AvgIpc) is 2.58. The Balaban J connectivity index is 2.69. The van der Waals surface area contributed by atoms with E-state index in [2.05, 4.69) is 20.7 Å². The van der Waals surface area contributed by atoms with Crippen LogP contribution in [0.2, 0.25) is 0 Å². The number of hydrogen-bond donors (Lipinski definition) is 1. The van der Waals surface area contributed by atoms with Gasteiger partial charge in [-0.25, -0.2) is 13.1 Å². The van der Waals surface area contributed by atoms with E-state index in [4.69, 9.17) is 4.74 Å². The van der Waals surface area contributed by atoms with Crippen LogP contribution in [-0.4, -0.2) is 27.7 Å². The summed E-state index contributed by atoms with van der Waals surface area (Å²) < 4.78 is 32.8. The summed E-state index contributed by atoms with van der Waals surface area (Å²) in [5.41, 5.74) is 0.924. The van der Waals surface area contributed by atoms with Crippen molar-refractivity contribution < 1.29 is 13.2 Å². The van der Waals surface area contributed by atoms with Crippen molar-refractivity contribution in [3.05, 3.63) is 15.4 Å². The van der Waals surface area contributed by atoms with Crippen molar-refractivity contribution in [2.24, 2.45) is 0 Å². The number of nitrogens with one attached hydrogen (secondary N) is 1. The zero-order valence-electron chi connectivity index (χ0n) is 9.99. The van der Waals surface area contributed by atoms with Crippen LogP contribution >= 0.6 is 27.3 Å². The van der Waals surface area contributed by atoms with E-state index in [0.29, 0.717) is 10.8 Å². The fourth-order valence-electron chi connectivity index (χ4n) is 1.21. The predicted octanol–water partition coefficient (Wildman–Crippen LogP) is 2.52. The Bertz CT molecular complexity index is 450. The van der Waals surface area contributed by atoms with Gasteiger partial charge in [0.25, 0.3) is 0 Å². The average molecular weight is 342 g/mol. The summed E-state index contributed by atoms with van der Waals surface area (Å²) >= 11 is 4.53. The molecule has 1 rings (SSSR count). The molecule has 0 spiro atoms. The van der Waals surface area contributed by atoms with Crippen LogP contribution in [0.25, 0.3) is 0 Å². The molecule has 1 unspecified atom stereocenters. The van der Waals surface area contributed by atoms with Gasteiger partial charge in [-0.05, 0) is 48.3 Å². The van der Waals surface area contributed by atoms with E-state index >= 15 is 0 Å². The highest BCUT2D eigenvalue weighted by atomic mass is 79.9. The van der Waals surface area contributed by atoms with Crippen molar-refractivity contribution in [3.63, 3.8) is 0 Å². The van der Waals surface area contributed by atoms with Crippen LogP contribution in [-0.2, 0) is 14.8 Å². The second kappa shape index (κ2) is 6.29. The number of ether oxygens (including phenoxy) is 1. The second-order valence-electron chi connectivity index (χ2n) is 3.64. The van der Waals surface area contributed by atoms with Crippen LogP contribution < -0.4 is 4.72 Å². The van der Waals surface area contributed by atoms with Gasteiger partial charge in [-0.3, -0.25) is 0 Å². The highest BCUT2D eigenvalue weighted by Crippen LogP contribution is 2.30. The number of halogens is 1. The minimum atomic E-state index is -3.42. The fourth-order valence-corrected chi connectivity index (χ4v) is 4.59. The minimum absolute atomic E-state index is 0.126. The van der Waals surface area contributed by atoms with Crippen molar-refractivity contribution in [2.75, 3.05) is 13.2 Å². The van der Waals surface area contributed by atoms with Crippen LogP contribution in [0.5, 0.6) is 0 Å². The van der Waals surface area contributed by atoms with Crippen LogP contribution in [0.3, 0.4) is 0 Å². The van der Waals surface area contributed by atoms with Crippen molar-refractivity contribution >= 4 is 37.3 Å². The summed E-state index contributed by atoms with van der Waals surface area (Å²) in [5.74, 6) is 0. The lowest BCUT2D eigenvalue weighted by atomic mass is 10.4. The van der Waals surface area contributed by atoms with E-state index in [1.165, 1.54) is 11.3 Å². The molecule has 0 aliphatic heterocycles. The molecule has 0 saturated heterocycles. The third kappa shape index (κ3) is 4.33. The molecule has 0 radical (unpaired) electrons. The van der Waals surface area contributed by atoms with Crippen molar-refractivity contribution in [2.45, 2.75) is 31.1 Å². The third-order valence-corrected chi connectivity index (χ3v) is 6.15. The number of rotatable bonds is 6. The number of aryl methyl sites for hydroxylation is 1. The highest BCUT2D eigenvalue weighted by Gasteiger charge is 2.18. The van der Waals surface area contributed by atoms with Gasteiger partial charge < -0.3 is 4.74 Å². The predicted molar refractivity (Wildman–Crippen MR) is 73.0 cm³/mol. The monoisotopic (exact) mass is 341 g/mol. The molecule has 1 aromatic heterocycles. The molecule has 0 saturated carbocycles. The zero-order valence-corrected chi connectivity index (χ0v) is 13.2. The first-order valence-electron chi connectivity index (χ1n) is 5.24. The van der Waals surface area contributed by atoms with Gasteiger partial charge in [-0.15, -0.1) is 11.3 Å². The van der Waals surface area contributed by atoms with Gasteiger partial charge in [-0.1, -0.05) is 0 Å². The maximum atomic E-state index is 11.9. The van der Waals surface area contributed by atoms with E-state index < -0.39 is 10.0 Å². The number of hydrogen-bond acceptors (Lipinski definition) is 4. The van der Waals surface area contributed by atoms with E-state index in [1.54, 1.807) is 6.07 Å². The van der Waals surface area contributed by atoms with Crippen LogP contribution in [0.1, 0.15) is 19.4 Å². The Labute approximate surface area is 115 Å². The van der Waals surface area contributed by atoms with Gasteiger partial charge in [0.05, 0.1) is 9.89 Å². The normalized spacial score (nSPS) is 13.9. The van der Waals surface area contributed by atoms with E-state index in [0.717, 1.165) is 9.35 Å². The topological polar surface area (TPSA) is 55.4 Å². The molecular formula is C10H16BrNO3S2. The molecule has 17 heavy (non-hydrogen) atoms. The van der Waals surface area contributed by atoms with Gasteiger partial charge >= 0.3 is 0 Å². The number of thiophene rings is 1. The minimum Gasteiger partial charge on any atom is -0.377 e. The Morgan fingerprint density at radius 2 is 2.24 bits per heavy atom. The van der Waals surface area contributed by atoms with Gasteiger partial charge in [0.15, 0.2) is 0 Å². The summed E-state index contributed by atoms with van der Waals surface area (Å²) in [7, 11) is -3.42. The third-order valence-electron chi connectivity index (χ3n) is 2.11. The summed E-state index contributed by atoms with van der Waals surface area (Å²) in [5, 5.41) is 0. The maximum Gasteiger partial charge on any atom is 0.250 e. The molecule has 0 amide bonds. The molecule has 4 nitrogen and oxygen atoms in total. The van der Waals surface area contributed by atoms with Crippen LogP contribution in [0, 0.1) is 6.92 Å². The highest BCUT2D eigenvalue weighted by molar-refractivity contribution is 9.11. The Kier molecular flexibility index (Phi) is 5.59. The van der Waals surface area contributed by atoms with Crippen LogP contribution in [0.4, 0.5) is 0 Å². The molecule has 0 aliphatic rings. The fraction of sp³-hybridized carbons (Fsp3) is 0.600. The first-order chi connectivity index (χ1) is 7.86. The van der Waals surface area contributed by atoms with E-state index in [-0.39, 0.29) is 12.6 Å². The summed E-state index contributed by atoms with van der Waals surface area (Å²) in [6.07, 6.45) is -0.126. The largest absolute Gasteiger partial charge is 0.377 e. The van der Waals surface area contributed by atoms with Crippen molar-refractivity contribution in [1.29, 1.82) is 0 Å². The van der Waals surface area contributed by atoms with E-state index in [9.17, 15) is 8.42 Å². The molecule has 98 valence electrons. The van der Waals surface area contributed by atoms with Gasteiger partial charge in [0, 0.05) is 13.2 Å². The molecule has 1 N–H and O–H groups in total. The molecule has 1 atom stereocenters. The first-order valence-corrected chi connectivity index (χ1v) is 8.33. The SMILES string of the molecule is CCOC(C)CNS(=O)(=O)c1cc(C)c(Br)s1. The Morgan fingerprint density at radius 3 is 2.71 bits per heavy atom. The lowest BCUT2D eigenvalue weighted by molar-refractivity contribution is 0.0800.